The van der Waals surface area contributed by atoms with Crippen LogP contribution in [0.25, 0.3) is 0 Å². The smallest absolute Gasteiger partial charge is 0.125 e. The first-order valence-corrected chi connectivity index (χ1v) is 6.87. The van der Waals surface area contributed by atoms with Crippen LogP contribution in [0, 0.1) is 12.7 Å². The molecule has 0 radical (unpaired) electrons. The van der Waals surface area contributed by atoms with Crippen LogP contribution >= 0.6 is 27.3 Å². The molecule has 1 atom stereocenters. The van der Waals surface area contributed by atoms with Gasteiger partial charge in [0.1, 0.15) is 5.82 Å². The van der Waals surface area contributed by atoms with E-state index in [0.29, 0.717) is 0 Å². The van der Waals surface area contributed by atoms with Gasteiger partial charge in [-0.1, -0.05) is 0 Å². The Labute approximate surface area is 112 Å². The summed E-state index contributed by atoms with van der Waals surface area (Å²) in [7, 11) is 0. The molecule has 1 N–H and O–H groups in total. The van der Waals surface area contributed by atoms with Gasteiger partial charge in [0.05, 0.1) is 22.4 Å². The molecule has 0 spiro atoms. The molecule has 0 aliphatic carbocycles. The average molecular weight is 315 g/mol. The lowest BCUT2D eigenvalue weighted by molar-refractivity contribution is 0.627. The number of thiazole rings is 1. The number of halogens is 2. The van der Waals surface area contributed by atoms with Crippen molar-refractivity contribution in [2.45, 2.75) is 19.9 Å². The van der Waals surface area contributed by atoms with E-state index in [1.807, 2.05) is 19.2 Å². The number of hydrogen-bond donors (Lipinski definition) is 1. The van der Waals surface area contributed by atoms with Crippen LogP contribution in [0.2, 0.25) is 0 Å². The van der Waals surface area contributed by atoms with Crippen LogP contribution < -0.4 is 5.32 Å². The number of aromatic nitrogens is 1. The SMILES string of the molecule is Cc1nc(C(C)Nc2cc(F)ccc2Br)cs1. The van der Waals surface area contributed by atoms with Crippen molar-refractivity contribution in [3.63, 3.8) is 0 Å². The molecule has 2 aromatic rings. The standard InChI is InChI=1S/C12H12BrFN2S/c1-7(12-6-17-8(2)16-12)15-11-5-9(14)3-4-10(11)13/h3-7,15H,1-2H3. The number of rotatable bonds is 3. The Bertz CT molecular complexity index is 527. The molecule has 1 aromatic heterocycles. The van der Waals surface area contributed by atoms with Crippen LogP contribution in [-0.2, 0) is 0 Å². The number of benzene rings is 1. The zero-order chi connectivity index (χ0) is 12.4. The van der Waals surface area contributed by atoms with Gasteiger partial charge in [-0.3, -0.25) is 0 Å². The first-order valence-electron chi connectivity index (χ1n) is 5.20. The molecular formula is C12H12BrFN2S. The second-order valence-electron chi connectivity index (χ2n) is 3.78. The highest BCUT2D eigenvalue weighted by Gasteiger charge is 2.10. The molecule has 0 saturated carbocycles. The third-order valence-electron chi connectivity index (χ3n) is 2.38. The van der Waals surface area contributed by atoms with Gasteiger partial charge < -0.3 is 5.32 Å². The summed E-state index contributed by atoms with van der Waals surface area (Å²) in [6, 6.07) is 4.64. The Kier molecular flexibility index (Phi) is 3.79. The molecule has 5 heteroatoms. The minimum Gasteiger partial charge on any atom is -0.376 e. The Morgan fingerprint density at radius 2 is 2.24 bits per heavy atom. The molecular weight excluding hydrogens is 303 g/mol. The Morgan fingerprint density at radius 1 is 1.47 bits per heavy atom. The van der Waals surface area contributed by atoms with E-state index in [2.05, 4.69) is 26.2 Å². The van der Waals surface area contributed by atoms with Gasteiger partial charge in [0.15, 0.2) is 0 Å². The molecule has 2 nitrogen and oxygen atoms in total. The zero-order valence-corrected chi connectivity index (χ0v) is 11.9. The second kappa shape index (κ2) is 5.14. The number of nitrogens with zero attached hydrogens (tertiary/aromatic N) is 1. The van der Waals surface area contributed by atoms with Crippen molar-refractivity contribution < 1.29 is 4.39 Å². The van der Waals surface area contributed by atoms with Crippen molar-refractivity contribution in [3.05, 3.63) is 44.6 Å². The lowest BCUT2D eigenvalue weighted by Gasteiger charge is -2.14. The molecule has 90 valence electrons. The number of anilines is 1. The Morgan fingerprint density at radius 3 is 2.88 bits per heavy atom. The van der Waals surface area contributed by atoms with Gasteiger partial charge in [0, 0.05) is 9.85 Å². The molecule has 0 saturated heterocycles. The van der Waals surface area contributed by atoms with Gasteiger partial charge in [-0.15, -0.1) is 11.3 Å². The summed E-state index contributed by atoms with van der Waals surface area (Å²) < 4.78 is 14.0. The van der Waals surface area contributed by atoms with E-state index < -0.39 is 0 Å². The quantitative estimate of drug-likeness (QED) is 0.900. The normalized spacial score (nSPS) is 12.5. The van der Waals surface area contributed by atoms with Crippen LogP contribution in [0.4, 0.5) is 10.1 Å². The van der Waals surface area contributed by atoms with Gasteiger partial charge in [-0.05, 0) is 48.0 Å². The third-order valence-corrected chi connectivity index (χ3v) is 3.86. The average Bonchev–Trinajstić information content (AvgIpc) is 2.70. The van der Waals surface area contributed by atoms with Crippen LogP contribution in [0.1, 0.15) is 23.7 Å². The summed E-state index contributed by atoms with van der Waals surface area (Å²) in [5.41, 5.74) is 1.71. The van der Waals surface area contributed by atoms with Gasteiger partial charge >= 0.3 is 0 Å². The Balaban J connectivity index is 2.18. The molecule has 1 aromatic carbocycles. The summed E-state index contributed by atoms with van der Waals surface area (Å²) in [5, 5.41) is 6.29. The van der Waals surface area contributed by atoms with Crippen molar-refractivity contribution >= 4 is 33.0 Å². The van der Waals surface area contributed by atoms with Crippen molar-refractivity contribution in [3.8, 4) is 0 Å². The predicted molar refractivity (Wildman–Crippen MR) is 73.0 cm³/mol. The molecule has 0 amide bonds. The van der Waals surface area contributed by atoms with Crippen molar-refractivity contribution in [2.24, 2.45) is 0 Å². The zero-order valence-electron chi connectivity index (χ0n) is 9.50. The predicted octanol–water partition coefficient (Wildman–Crippen LogP) is 4.53. The molecule has 17 heavy (non-hydrogen) atoms. The van der Waals surface area contributed by atoms with Crippen molar-refractivity contribution in [1.82, 2.24) is 4.98 Å². The third kappa shape index (κ3) is 3.04. The number of nitrogens with one attached hydrogen (secondary N) is 1. The lowest BCUT2D eigenvalue weighted by Crippen LogP contribution is -2.07. The van der Waals surface area contributed by atoms with Crippen LogP contribution in [0.5, 0.6) is 0 Å². The maximum atomic E-state index is 13.1. The van der Waals surface area contributed by atoms with Crippen LogP contribution in [-0.4, -0.2) is 4.98 Å². The van der Waals surface area contributed by atoms with E-state index >= 15 is 0 Å². The molecule has 0 fully saturated rings. The van der Waals surface area contributed by atoms with Gasteiger partial charge in [-0.2, -0.15) is 0 Å². The molecule has 2 rings (SSSR count). The highest BCUT2D eigenvalue weighted by Crippen LogP contribution is 2.27. The van der Waals surface area contributed by atoms with E-state index in [4.69, 9.17) is 0 Å². The minimum atomic E-state index is -0.252. The van der Waals surface area contributed by atoms with E-state index in [0.717, 1.165) is 20.9 Å². The fraction of sp³-hybridized carbons (Fsp3) is 0.250. The molecule has 0 aliphatic rings. The summed E-state index contributed by atoms with van der Waals surface area (Å²) >= 11 is 5.00. The first kappa shape index (κ1) is 12.5. The first-order chi connectivity index (χ1) is 8.06. The molecule has 1 heterocycles. The van der Waals surface area contributed by atoms with Crippen molar-refractivity contribution in [2.75, 3.05) is 5.32 Å². The van der Waals surface area contributed by atoms with Crippen LogP contribution in [0.15, 0.2) is 28.1 Å². The molecule has 0 bridgehead atoms. The summed E-state index contributed by atoms with van der Waals surface area (Å²) in [5.74, 6) is -0.252. The minimum absolute atomic E-state index is 0.0537. The van der Waals surface area contributed by atoms with Crippen molar-refractivity contribution in [1.29, 1.82) is 0 Å². The summed E-state index contributed by atoms with van der Waals surface area (Å²) in [4.78, 5) is 4.41. The molecule has 1 unspecified atom stereocenters. The maximum Gasteiger partial charge on any atom is 0.125 e. The summed E-state index contributed by atoms with van der Waals surface area (Å²) in [6.07, 6.45) is 0. The number of hydrogen-bond acceptors (Lipinski definition) is 3. The summed E-state index contributed by atoms with van der Waals surface area (Å²) in [6.45, 7) is 3.98. The topological polar surface area (TPSA) is 24.9 Å². The second-order valence-corrected chi connectivity index (χ2v) is 5.70. The molecule has 0 aliphatic heterocycles. The van der Waals surface area contributed by atoms with E-state index in [1.54, 1.807) is 17.4 Å². The Hall–Kier alpha value is -0.940. The van der Waals surface area contributed by atoms with Gasteiger partial charge in [0.25, 0.3) is 0 Å². The highest BCUT2D eigenvalue weighted by atomic mass is 79.9. The fourth-order valence-electron chi connectivity index (χ4n) is 1.49. The van der Waals surface area contributed by atoms with Gasteiger partial charge in [-0.25, -0.2) is 9.37 Å². The maximum absolute atomic E-state index is 13.1. The number of aryl methyl sites for hydroxylation is 1. The lowest BCUT2D eigenvalue weighted by atomic mass is 10.2. The highest BCUT2D eigenvalue weighted by molar-refractivity contribution is 9.10. The van der Waals surface area contributed by atoms with E-state index in [9.17, 15) is 4.39 Å². The van der Waals surface area contributed by atoms with E-state index in [1.165, 1.54) is 12.1 Å². The van der Waals surface area contributed by atoms with Crippen LogP contribution in [0.3, 0.4) is 0 Å². The van der Waals surface area contributed by atoms with Gasteiger partial charge in [0.2, 0.25) is 0 Å². The van der Waals surface area contributed by atoms with E-state index in [-0.39, 0.29) is 11.9 Å². The fourth-order valence-corrected chi connectivity index (χ4v) is 2.56. The monoisotopic (exact) mass is 314 g/mol. The largest absolute Gasteiger partial charge is 0.376 e.